The molecular weight excluding hydrogens is 472 g/mol. The van der Waals surface area contributed by atoms with Gasteiger partial charge in [-0.2, -0.15) is 0 Å². The first-order valence-corrected chi connectivity index (χ1v) is 11.8. The lowest BCUT2D eigenvalue weighted by Crippen LogP contribution is -2.30. The molecule has 9 heteroatoms. The lowest BCUT2D eigenvalue weighted by atomic mass is 9.97. The van der Waals surface area contributed by atoms with E-state index in [4.69, 9.17) is 14.2 Å². The molecule has 0 spiro atoms. The molecule has 0 saturated heterocycles. The summed E-state index contributed by atoms with van der Waals surface area (Å²) in [5.74, 6) is 1.37. The van der Waals surface area contributed by atoms with Crippen molar-refractivity contribution in [1.82, 2.24) is 14.5 Å². The zero-order chi connectivity index (χ0) is 26.9. The van der Waals surface area contributed by atoms with Crippen molar-refractivity contribution in [2.24, 2.45) is 7.05 Å². The second-order valence-corrected chi connectivity index (χ2v) is 8.96. The number of carbonyl (C=O) groups is 1. The lowest BCUT2D eigenvalue weighted by Gasteiger charge is -2.19. The number of carbonyl (C=O) groups excluding carboxylic acids is 1. The quantitative estimate of drug-likeness (QED) is 0.373. The highest BCUT2D eigenvalue weighted by Crippen LogP contribution is 2.34. The van der Waals surface area contributed by atoms with Crippen LogP contribution in [-0.2, 0) is 7.05 Å². The highest BCUT2D eigenvalue weighted by molar-refractivity contribution is 6.05. The Bertz CT molecular complexity index is 1540. The minimum atomic E-state index is -0.445. The molecule has 3 heterocycles. The van der Waals surface area contributed by atoms with Crippen LogP contribution in [0.2, 0.25) is 0 Å². The van der Waals surface area contributed by atoms with Gasteiger partial charge in [0.05, 0.1) is 19.7 Å². The van der Waals surface area contributed by atoms with Crippen molar-refractivity contribution in [2.75, 3.05) is 19.5 Å². The molecule has 0 aliphatic heterocycles. The summed E-state index contributed by atoms with van der Waals surface area (Å²) < 4.78 is 18.5. The zero-order valence-corrected chi connectivity index (χ0v) is 22.0. The summed E-state index contributed by atoms with van der Waals surface area (Å²) in [6, 6.07) is 10.3. The van der Waals surface area contributed by atoms with Crippen LogP contribution >= 0.6 is 0 Å². The largest absolute Gasteiger partial charge is 0.491 e. The molecule has 4 aromatic rings. The maximum absolute atomic E-state index is 13.2. The van der Waals surface area contributed by atoms with Crippen LogP contribution < -0.4 is 25.0 Å². The van der Waals surface area contributed by atoms with Crippen molar-refractivity contribution in [3.8, 4) is 23.1 Å². The van der Waals surface area contributed by atoms with E-state index in [1.165, 1.54) is 14.2 Å². The number of benzene rings is 1. The molecule has 0 radical (unpaired) electrons. The van der Waals surface area contributed by atoms with Crippen LogP contribution in [0.25, 0.3) is 11.0 Å². The predicted molar refractivity (Wildman–Crippen MR) is 142 cm³/mol. The fourth-order valence-electron chi connectivity index (χ4n) is 4.32. The molecular formula is C28H30N4O5. The molecule has 9 nitrogen and oxygen atoms in total. The molecule has 0 atom stereocenters. The van der Waals surface area contributed by atoms with Gasteiger partial charge in [0, 0.05) is 48.0 Å². The first-order valence-electron chi connectivity index (χ1n) is 11.8. The molecule has 0 fully saturated rings. The van der Waals surface area contributed by atoms with Gasteiger partial charge < -0.3 is 24.1 Å². The van der Waals surface area contributed by atoms with Crippen LogP contribution in [0.5, 0.6) is 23.1 Å². The van der Waals surface area contributed by atoms with Crippen molar-refractivity contribution in [3.05, 3.63) is 75.3 Å². The van der Waals surface area contributed by atoms with Crippen LogP contribution in [-0.4, -0.2) is 34.7 Å². The fraction of sp³-hybridized carbons (Fsp3) is 0.286. The molecule has 3 aromatic heterocycles. The maximum atomic E-state index is 13.2. The molecule has 0 saturated carbocycles. The summed E-state index contributed by atoms with van der Waals surface area (Å²) in [6.07, 6.45) is 1.62. The van der Waals surface area contributed by atoms with E-state index < -0.39 is 5.91 Å². The summed E-state index contributed by atoms with van der Waals surface area (Å²) in [4.78, 5) is 35.1. The molecule has 0 aliphatic rings. The Balaban J connectivity index is 1.59. The molecule has 0 bridgehead atoms. The summed E-state index contributed by atoms with van der Waals surface area (Å²) in [5, 5.41) is 2.84. The molecule has 0 aliphatic carbocycles. The first-order chi connectivity index (χ1) is 17.7. The van der Waals surface area contributed by atoms with E-state index >= 15 is 0 Å². The molecule has 4 rings (SSSR count). The van der Waals surface area contributed by atoms with Gasteiger partial charge in [0.15, 0.2) is 16.9 Å². The molecule has 1 aromatic carbocycles. The lowest BCUT2D eigenvalue weighted by molar-refractivity contribution is 0.102. The first kappa shape index (κ1) is 25.7. The summed E-state index contributed by atoms with van der Waals surface area (Å²) in [7, 11) is 4.91. The van der Waals surface area contributed by atoms with Crippen LogP contribution in [0.4, 0.5) is 5.69 Å². The summed E-state index contributed by atoms with van der Waals surface area (Å²) >= 11 is 0. The van der Waals surface area contributed by atoms with E-state index in [2.05, 4.69) is 15.3 Å². The van der Waals surface area contributed by atoms with Gasteiger partial charge in [0.2, 0.25) is 0 Å². The highest BCUT2D eigenvalue weighted by Gasteiger charge is 2.22. The van der Waals surface area contributed by atoms with Crippen molar-refractivity contribution < 1.29 is 19.0 Å². The average molecular weight is 503 g/mol. The number of nitrogens with zero attached hydrogens (tertiary/aromatic N) is 3. The number of hydrogen-bond donors (Lipinski definition) is 1. The number of pyridine rings is 3. The highest BCUT2D eigenvalue weighted by atomic mass is 16.5. The Labute approximate surface area is 215 Å². The Hall–Kier alpha value is -4.40. The van der Waals surface area contributed by atoms with Gasteiger partial charge in [0.25, 0.3) is 11.8 Å². The number of hydrogen-bond acceptors (Lipinski definition) is 7. The van der Waals surface area contributed by atoms with E-state index in [0.29, 0.717) is 51.1 Å². The van der Waals surface area contributed by atoms with Gasteiger partial charge >= 0.3 is 0 Å². The molecule has 0 unspecified atom stereocenters. The third-order valence-corrected chi connectivity index (χ3v) is 6.39. The summed E-state index contributed by atoms with van der Waals surface area (Å²) in [5.41, 5.74) is 3.70. The second kappa shape index (κ2) is 10.3. The van der Waals surface area contributed by atoms with Crippen molar-refractivity contribution >= 4 is 22.6 Å². The average Bonchev–Trinajstić information content (AvgIpc) is 2.87. The van der Waals surface area contributed by atoms with E-state index in [0.717, 1.165) is 5.69 Å². The number of aromatic nitrogens is 3. The third-order valence-electron chi connectivity index (χ3n) is 6.39. The topological polar surface area (TPSA) is 105 Å². The van der Waals surface area contributed by atoms with Gasteiger partial charge in [-0.25, -0.2) is 4.98 Å². The monoisotopic (exact) mass is 502 g/mol. The fourth-order valence-corrected chi connectivity index (χ4v) is 4.32. The summed E-state index contributed by atoms with van der Waals surface area (Å²) in [6.45, 7) is 7.58. The molecule has 192 valence electrons. The Morgan fingerprint density at radius 3 is 2.32 bits per heavy atom. The Kier molecular flexibility index (Phi) is 7.15. The Morgan fingerprint density at radius 1 is 1.00 bits per heavy atom. The molecule has 1 N–H and O–H groups in total. The number of fused-ring (bicyclic) bond motifs is 1. The SMILES string of the molecule is COc1cc2nccc(Oc3ccc(NC(=O)c4c(C)n(C)c(C)c(C(C)C)c4=O)cc3)c2nc1OC. The van der Waals surface area contributed by atoms with Gasteiger partial charge in [-0.05, 0) is 44.0 Å². The van der Waals surface area contributed by atoms with Crippen molar-refractivity contribution in [2.45, 2.75) is 33.6 Å². The van der Waals surface area contributed by atoms with E-state index in [1.807, 2.05) is 32.4 Å². The minimum absolute atomic E-state index is 0.00194. The second-order valence-electron chi connectivity index (χ2n) is 8.96. The van der Waals surface area contributed by atoms with Gasteiger partial charge in [-0.15, -0.1) is 0 Å². The normalized spacial score (nSPS) is 11.0. The van der Waals surface area contributed by atoms with Crippen molar-refractivity contribution in [1.29, 1.82) is 0 Å². The standard InChI is InChI=1S/C28H30N4O5/c1-15(2)23-16(3)32(5)17(4)24(26(23)33)27(34)30-18-8-10-19(11-9-18)37-21-12-13-29-20-14-22(35-6)28(36-7)31-25(20)21/h8-15H,1-7H3,(H,30,34). The number of rotatable bonds is 7. The number of ether oxygens (including phenoxy) is 3. The van der Waals surface area contributed by atoms with Crippen molar-refractivity contribution in [3.63, 3.8) is 0 Å². The molecule has 37 heavy (non-hydrogen) atoms. The van der Waals surface area contributed by atoms with Gasteiger partial charge in [-0.3, -0.25) is 14.6 Å². The van der Waals surface area contributed by atoms with E-state index in [1.54, 1.807) is 49.5 Å². The number of nitrogens with one attached hydrogen (secondary N) is 1. The number of amides is 1. The smallest absolute Gasteiger partial charge is 0.261 e. The minimum Gasteiger partial charge on any atom is -0.491 e. The van der Waals surface area contributed by atoms with E-state index in [-0.39, 0.29) is 16.9 Å². The predicted octanol–water partition coefficient (Wildman–Crippen LogP) is 5.13. The van der Waals surface area contributed by atoms with Crippen LogP contribution in [0.1, 0.15) is 47.1 Å². The van der Waals surface area contributed by atoms with Crippen LogP contribution in [0.15, 0.2) is 47.4 Å². The van der Waals surface area contributed by atoms with Crippen LogP contribution in [0, 0.1) is 13.8 Å². The number of methoxy groups -OCH3 is 2. The number of anilines is 1. The zero-order valence-electron chi connectivity index (χ0n) is 22.0. The van der Waals surface area contributed by atoms with E-state index in [9.17, 15) is 9.59 Å². The molecule has 1 amide bonds. The van der Waals surface area contributed by atoms with Gasteiger partial charge in [0.1, 0.15) is 16.8 Å². The maximum Gasteiger partial charge on any atom is 0.261 e. The third kappa shape index (κ3) is 4.84. The Morgan fingerprint density at radius 2 is 1.70 bits per heavy atom. The van der Waals surface area contributed by atoms with Crippen LogP contribution in [0.3, 0.4) is 0 Å². The van der Waals surface area contributed by atoms with Gasteiger partial charge in [-0.1, -0.05) is 13.8 Å².